The lowest BCUT2D eigenvalue weighted by Crippen LogP contribution is -2.21. The Kier molecular flexibility index (Phi) is 4.08. The fourth-order valence-corrected chi connectivity index (χ4v) is 3.91. The van der Waals surface area contributed by atoms with Crippen molar-refractivity contribution in [2.75, 3.05) is 25.7 Å². The topological polar surface area (TPSA) is 56.6 Å². The van der Waals surface area contributed by atoms with Crippen LogP contribution in [0.2, 0.25) is 0 Å². The molecule has 1 aromatic carbocycles. The quantitative estimate of drug-likeness (QED) is 0.789. The van der Waals surface area contributed by atoms with Gasteiger partial charge < -0.3 is 18.5 Å². The molecular formula is C15H20N3O3P. The number of fused-ring (bicyclic) bond motifs is 1. The van der Waals surface area contributed by atoms with Gasteiger partial charge in [-0.2, -0.15) is 0 Å². The number of anilines is 1. The molecule has 0 saturated carbocycles. The van der Waals surface area contributed by atoms with E-state index in [9.17, 15) is 4.57 Å². The van der Waals surface area contributed by atoms with Crippen LogP contribution >= 0.6 is 7.60 Å². The molecule has 3 rings (SSSR count). The molecule has 118 valence electrons. The number of nitrogens with zero attached hydrogens (tertiary/aromatic N) is 3. The van der Waals surface area contributed by atoms with Crippen LogP contribution in [-0.4, -0.2) is 30.3 Å². The number of aromatic nitrogens is 2. The number of benzene rings is 1. The van der Waals surface area contributed by atoms with Gasteiger partial charge in [0.1, 0.15) is 0 Å². The number of imidazole rings is 1. The van der Waals surface area contributed by atoms with Crippen LogP contribution in [0.4, 0.5) is 5.69 Å². The van der Waals surface area contributed by atoms with Crippen LogP contribution in [0.3, 0.4) is 0 Å². The Balaban J connectivity index is 1.90. The molecule has 0 unspecified atom stereocenters. The van der Waals surface area contributed by atoms with E-state index in [2.05, 4.69) is 9.88 Å². The van der Waals surface area contributed by atoms with Crippen LogP contribution < -0.4 is 10.2 Å². The van der Waals surface area contributed by atoms with Gasteiger partial charge in [-0.15, -0.1) is 0 Å². The molecule has 0 fully saturated rings. The summed E-state index contributed by atoms with van der Waals surface area (Å²) >= 11 is 0. The fraction of sp³-hybridized carbons (Fsp3) is 0.400. The van der Waals surface area contributed by atoms with Crippen molar-refractivity contribution in [3.63, 3.8) is 0 Å². The van der Waals surface area contributed by atoms with E-state index in [0.29, 0.717) is 5.30 Å². The average Bonchev–Trinajstić information content (AvgIpc) is 3.13. The van der Waals surface area contributed by atoms with Gasteiger partial charge in [0, 0.05) is 39.7 Å². The van der Waals surface area contributed by atoms with Crippen LogP contribution in [0.5, 0.6) is 0 Å². The second-order valence-electron chi connectivity index (χ2n) is 5.38. The van der Waals surface area contributed by atoms with Gasteiger partial charge in [-0.05, 0) is 24.1 Å². The van der Waals surface area contributed by atoms with Gasteiger partial charge in [0.05, 0.1) is 23.9 Å². The first-order valence-corrected chi connectivity index (χ1v) is 8.67. The van der Waals surface area contributed by atoms with Crippen molar-refractivity contribution in [1.29, 1.82) is 0 Å². The predicted molar refractivity (Wildman–Crippen MR) is 85.7 cm³/mol. The molecule has 0 radical (unpaired) electrons. The van der Waals surface area contributed by atoms with Crippen molar-refractivity contribution in [3.05, 3.63) is 42.0 Å². The Hall–Kier alpha value is -1.62. The number of hydrogen-bond donors (Lipinski definition) is 0. The standard InChI is InChI=1S/C15H20N3O3P/c1-17-9-13(16-11-17)10-18-7-6-12-4-5-14(8-15(12)18)22(19,20-2)21-3/h4-5,8-9,11H,6-7,10H2,1-3H3. The van der Waals surface area contributed by atoms with E-state index in [-0.39, 0.29) is 0 Å². The summed E-state index contributed by atoms with van der Waals surface area (Å²) in [5.74, 6) is 0. The summed E-state index contributed by atoms with van der Waals surface area (Å²) in [5.41, 5.74) is 3.35. The lowest BCUT2D eigenvalue weighted by Gasteiger charge is -2.20. The third-order valence-electron chi connectivity index (χ3n) is 3.97. The third kappa shape index (κ3) is 2.70. The highest BCUT2D eigenvalue weighted by Gasteiger charge is 2.28. The molecule has 22 heavy (non-hydrogen) atoms. The molecule has 0 bridgehead atoms. The van der Waals surface area contributed by atoms with Gasteiger partial charge >= 0.3 is 7.60 Å². The molecule has 1 aromatic heterocycles. The molecule has 0 saturated heterocycles. The number of hydrogen-bond acceptors (Lipinski definition) is 5. The highest BCUT2D eigenvalue weighted by atomic mass is 31.2. The SMILES string of the molecule is COP(=O)(OC)c1ccc2c(c1)N(Cc1cn(C)cn1)CC2. The monoisotopic (exact) mass is 321 g/mol. The third-order valence-corrected chi connectivity index (χ3v) is 5.84. The van der Waals surface area contributed by atoms with E-state index in [4.69, 9.17) is 9.05 Å². The lowest BCUT2D eigenvalue weighted by atomic mass is 10.2. The Morgan fingerprint density at radius 2 is 2.09 bits per heavy atom. The molecule has 1 aliphatic heterocycles. The summed E-state index contributed by atoms with van der Waals surface area (Å²) < 4.78 is 24.7. The van der Waals surface area contributed by atoms with Gasteiger partial charge in [-0.3, -0.25) is 4.57 Å². The van der Waals surface area contributed by atoms with E-state index in [0.717, 1.165) is 30.9 Å². The normalized spacial score (nSPS) is 14.4. The second kappa shape index (κ2) is 5.88. The van der Waals surface area contributed by atoms with E-state index in [1.165, 1.54) is 19.8 Å². The molecule has 7 heteroatoms. The van der Waals surface area contributed by atoms with E-state index >= 15 is 0 Å². The van der Waals surface area contributed by atoms with Crippen LogP contribution in [-0.2, 0) is 33.6 Å². The Morgan fingerprint density at radius 1 is 1.32 bits per heavy atom. The summed E-state index contributed by atoms with van der Waals surface area (Å²) in [5, 5.41) is 0.587. The highest BCUT2D eigenvalue weighted by Crippen LogP contribution is 2.46. The van der Waals surface area contributed by atoms with Crippen molar-refractivity contribution in [2.45, 2.75) is 13.0 Å². The molecule has 0 atom stereocenters. The van der Waals surface area contributed by atoms with E-state index in [1.54, 1.807) is 6.33 Å². The highest BCUT2D eigenvalue weighted by molar-refractivity contribution is 7.62. The number of aryl methyl sites for hydroxylation is 1. The second-order valence-corrected chi connectivity index (χ2v) is 7.62. The maximum Gasteiger partial charge on any atom is 0.360 e. The summed E-state index contributed by atoms with van der Waals surface area (Å²) in [6.45, 7) is 1.67. The summed E-state index contributed by atoms with van der Waals surface area (Å²) in [4.78, 5) is 6.62. The first-order chi connectivity index (χ1) is 10.6. The molecule has 6 nitrogen and oxygen atoms in total. The smallest absolute Gasteiger partial charge is 0.360 e. The summed E-state index contributed by atoms with van der Waals surface area (Å²) in [6, 6.07) is 5.75. The summed E-state index contributed by atoms with van der Waals surface area (Å²) in [6.07, 6.45) is 4.79. The average molecular weight is 321 g/mol. The maximum absolute atomic E-state index is 12.5. The minimum Gasteiger partial charge on any atom is -0.365 e. The minimum atomic E-state index is -3.22. The lowest BCUT2D eigenvalue weighted by molar-refractivity contribution is 0.287. The van der Waals surface area contributed by atoms with Crippen molar-refractivity contribution in [3.8, 4) is 0 Å². The van der Waals surface area contributed by atoms with E-state index < -0.39 is 7.60 Å². The molecule has 2 aromatic rings. The Morgan fingerprint density at radius 3 is 2.73 bits per heavy atom. The van der Waals surface area contributed by atoms with Gasteiger partial charge in [0.25, 0.3) is 0 Å². The first-order valence-electron chi connectivity index (χ1n) is 7.12. The molecule has 0 aliphatic carbocycles. The van der Waals surface area contributed by atoms with Crippen LogP contribution in [0, 0.1) is 0 Å². The molecular weight excluding hydrogens is 301 g/mol. The molecule has 2 heterocycles. The van der Waals surface area contributed by atoms with Crippen molar-refractivity contribution in [2.24, 2.45) is 7.05 Å². The van der Waals surface area contributed by atoms with Gasteiger partial charge in [0.15, 0.2) is 0 Å². The van der Waals surface area contributed by atoms with E-state index in [1.807, 2.05) is 36.0 Å². The number of rotatable bonds is 5. The van der Waals surface area contributed by atoms with Gasteiger partial charge in [-0.25, -0.2) is 4.98 Å². The summed E-state index contributed by atoms with van der Waals surface area (Å²) in [7, 11) is 1.55. The molecule has 1 aliphatic rings. The van der Waals surface area contributed by atoms with Gasteiger partial charge in [-0.1, -0.05) is 6.07 Å². The van der Waals surface area contributed by atoms with Crippen LogP contribution in [0.25, 0.3) is 0 Å². The predicted octanol–water partition coefficient (Wildman–Crippen LogP) is 2.09. The Bertz CT molecular complexity index is 721. The van der Waals surface area contributed by atoms with Crippen molar-refractivity contribution >= 4 is 18.6 Å². The molecule has 0 N–H and O–H groups in total. The fourth-order valence-electron chi connectivity index (χ4n) is 2.80. The zero-order valence-electron chi connectivity index (χ0n) is 13.0. The molecule has 0 amide bonds. The first kappa shape index (κ1) is 15.3. The zero-order chi connectivity index (χ0) is 15.7. The molecule has 0 spiro atoms. The van der Waals surface area contributed by atoms with Crippen LogP contribution in [0.15, 0.2) is 30.7 Å². The van der Waals surface area contributed by atoms with Gasteiger partial charge in [0.2, 0.25) is 0 Å². The maximum atomic E-state index is 12.5. The Labute approximate surface area is 130 Å². The minimum absolute atomic E-state index is 0.587. The zero-order valence-corrected chi connectivity index (χ0v) is 13.9. The van der Waals surface area contributed by atoms with Crippen molar-refractivity contribution < 1.29 is 13.6 Å². The van der Waals surface area contributed by atoms with Crippen LogP contribution in [0.1, 0.15) is 11.3 Å². The largest absolute Gasteiger partial charge is 0.365 e. The van der Waals surface area contributed by atoms with Crippen molar-refractivity contribution in [1.82, 2.24) is 9.55 Å².